The summed E-state index contributed by atoms with van der Waals surface area (Å²) in [5, 5.41) is 20.9. The molecule has 1 atom stereocenters. The zero-order valence-corrected chi connectivity index (χ0v) is 16.3. The lowest BCUT2D eigenvalue weighted by molar-refractivity contribution is -0.274. The molecule has 0 aliphatic carbocycles. The Morgan fingerprint density at radius 1 is 1.27 bits per heavy atom. The lowest BCUT2D eigenvalue weighted by Crippen LogP contribution is -2.56. The van der Waals surface area contributed by atoms with E-state index in [2.05, 4.69) is 20.3 Å². The van der Waals surface area contributed by atoms with Crippen LogP contribution in [0.4, 0.5) is 13.2 Å². The predicted octanol–water partition coefficient (Wildman–Crippen LogP) is 2.58. The summed E-state index contributed by atoms with van der Waals surface area (Å²) >= 11 is 5.99. The van der Waals surface area contributed by atoms with Gasteiger partial charge in [0.25, 0.3) is 5.91 Å². The highest BCUT2D eigenvalue weighted by atomic mass is 35.5. The number of benzene rings is 2. The van der Waals surface area contributed by atoms with Crippen LogP contribution < -0.4 is 15.8 Å². The van der Waals surface area contributed by atoms with Gasteiger partial charge in [0, 0.05) is 16.1 Å². The monoisotopic (exact) mass is 443 g/mol. The number of hydrogen-bond acceptors (Lipinski definition) is 6. The number of hydrogen-bond donors (Lipinski definition) is 3. The predicted molar refractivity (Wildman–Crippen MR) is 102 cm³/mol. The number of aliphatic hydroxyl groups excluding tert-OH is 1. The second kappa shape index (κ2) is 8.09. The normalized spacial score (nSPS) is 13.8. The number of nitrogens with one attached hydrogen (secondary N) is 1. The lowest BCUT2D eigenvalue weighted by Gasteiger charge is -2.25. The fraction of sp³-hybridized carbons (Fsp3) is 0.278. The average molecular weight is 444 g/mol. The van der Waals surface area contributed by atoms with Crippen LogP contribution >= 0.6 is 11.6 Å². The Morgan fingerprint density at radius 2 is 1.93 bits per heavy atom. The van der Waals surface area contributed by atoms with Gasteiger partial charge >= 0.3 is 6.36 Å². The number of nitrogens with two attached hydrogens (primary N) is 1. The first kappa shape index (κ1) is 21.8. The molecule has 2 aromatic carbocycles. The fourth-order valence-electron chi connectivity index (χ4n) is 2.76. The first-order valence-electron chi connectivity index (χ1n) is 8.57. The smallest absolute Gasteiger partial charge is 0.406 e. The molecule has 1 amide bonds. The molecule has 160 valence electrons. The van der Waals surface area contributed by atoms with E-state index in [0.29, 0.717) is 21.6 Å². The highest BCUT2D eigenvalue weighted by Crippen LogP contribution is 2.23. The van der Waals surface area contributed by atoms with Gasteiger partial charge in [-0.25, -0.2) is 0 Å². The van der Waals surface area contributed by atoms with Crippen molar-refractivity contribution in [2.75, 3.05) is 0 Å². The van der Waals surface area contributed by atoms with Gasteiger partial charge in [-0.2, -0.15) is 15.0 Å². The molecule has 0 radical (unpaired) electrons. The highest BCUT2D eigenvalue weighted by molar-refractivity contribution is 6.31. The molecule has 4 N–H and O–H groups in total. The van der Waals surface area contributed by atoms with Gasteiger partial charge in [-0.15, -0.1) is 13.2 Å². The number of ether oxygens (including phenoxy) is 1. The van der Waals surface area contributed by atoms with E-state index in [-0.39, 0.29) is 18.7 Å². The molecular weight excluding hydrogens is 427 g/mol. The number of carbonyl (C=O) groups excluding carboxylic acids is 1. The maximum absolute atomic E-state index is 12.4. The second-order valence-corrected chi connectivity index (χ2v) is 7.20. The summed E-state index contributed by atoms with van der Waals surface area (Å²) in [5.41, 5.74) is 6.33. The van der Waals surface area contributed by atoms with E-state index >= 15 is 0 Å². The zero-order valence-electron chi connectivity index (χ0n) is 15.6. The molecule has 0 aliphatic rings. The van der Waals surface area contributed by atoms with E-state index in [1.54, 1.807) is 12.1 Å². The number of rotatable bonds is 6. The topological polar surface area (TPSA) is 115 Å². The standard InChI is InChI=1S/C18H17ClF3N5O3/c1-17(23,9-27-25-14-7-12(19)6-11(8-28)15(14)26-27)24-16(29)10-2-4-13(5-3-10)30-18(20,21)22/h2-7,28H,8-9,23H2,1H3,(H,24,29). The van der Waals surface area contributed by atoms with Crippen LogP contribution in [0.1, 0.15) is 22.8 Å². The molecule has 0 saturated carbocycles. The minimum absolute atomic E-state index is 0.0226. The fourth-order valence-corrected chi connectivity index (χ4v) is 2.99. The summed E-state index contributed by atoms with van der Waals surface area (Å²) in [7, 11) is 0. The van der Waals surface area contributed by atoms with Crippen LogP contribution in [0.2, 0.25) is 5.02 Å². The van der Waals surface area contributed by atoms with E-state index < -0.39 is 23.7 Å². The van der Waals surface area contributed by atoms with Crippen molar-refractivity contribution in [3.8, 4) is 5.75 Å². The molecule has 0 spiro atoms. The van der Waals surface area contributed by atoms with Crippen molar-refractivity contribution in [1.29, 1.82) is 0 Å². The van der Waals surface area contributed by atoms with Gasteiger partial charge in [-0.3, -0.25) is 4.79 Å². The summed E-state index contributed by atoms with van der Waals surface area (Å²) in [4.78, 5) is 13.7. The molecule has 0 aliphatic heterocycles. The van der Waals surface area contributed by atoms with Crippen molar-refractivity contribution in [3.05, 3.63) is 52.5 Å². The van der Waals surface area contributed by atoms with Gasteiger partial charge in [0.15, 0.2) is 0 Å². The van der Waals surface area contributed by atoms with Crippen molar-refractivity contribution in [2.24, 2.45) is 5.73 Å². The maximum atomic E-state index is 12.4. The van der Waals surface area contributed by atoms with E-state index in [9.17, 15) is 23.1 Å². The quantitative estimate of drug-likeness (QED) is 0.504. The Hall–Kier alpha value is -2.89. The molecule has 3 rings (SSSR count). The number of carbonyl (C=O) groups is 1. The summed E-state index contributed by atoms with van der Waals surface area (Å²) in [6.45, 7) is 1.23. The molecule has 1 aromatic heterocycles. The maximum Gasteiger partial charge on any atom is 0.573 e. The van der Waals surface area contributed by atoms with Gasteiger partial charge in [0.2, 0.25) is 0 Å². The van der Waals surface area contributed by atoms with Crippen LogP contribution in [0, 0.1) is 0 Å². The summed E-state index contributed by atoms with van der Waals surface area (Å²) in [6.07, 6.45) is -4.82. The van der Waals surface area contributed by atoms with Gasteiger partial charge in [-0.1, -0.05) is 11.6 Å². The Morgan fingerprint density at radius 3 is 2.53 bits per heavy atom. The molecule has 0 saturated heterocycles. The number of aliphatic hydroxyl groups is 1. The number of aromatic nitrogens is 3. The molecule has 8 nitrogen and oxygen atoms in total. The van der Waals surface area contributed by atoms with Crippen LogP contribution in [0.3, 0.4) is 0 Å². The number of amides is 1. The van der Waals surface area contributed by atoms with Crippen molar-refractivity contribution in [3.63, 3.8) is 0 Å². The molecule has 1 heterocycles. The number of alkyl halides is 3. The van der Waals surface area contributed by atoms with Crippen molar-refractivity contribution in [2.45, 2.75) is 32.1 Å². The Balaban J connectivity index is 1.71. The van der Waals surface area contributed by atoms with Crippen molar-refractivity contribution < 1.29 is 27.8 Å². The summed E-state index contributed by atoms with van der Waals surface area (Å²) in [6, 6.07) is 7.57. The van der Waals surface area contributed by atoms with E-state index in [0.717, 1.165) is 12.1 Å². The van der Waals surface area contributed by atoms with E-state index in [1.165, 1.54) is 23.9 Å². The van der Waals surface area contributed by atoms with Crippen molar-refractivity contribution >= 4 is 28.5 Å². The van der Waals surface area contributed by atoms with E-state index in [1.807, 2.05) is 0 Å². The molecule has 1 unspecified atom stereocenters. The Bertz CT molecular complexity index is 1070. The molecule has 12 heteroatoms. The summed E-state index contributed by atoms with van der Waals surface area (Å²) in [5.74, 6) is -1.05. The van der Waals surface area contributed by atoms with Crippen LogP contribution in [-0.2, 0) is 13.2 Å². The SMILES string of the molecule is CC(N)(Cn1nc2cc(Cl)cc(CO)c2n1)NC(=O)c1ccc(OC(F)(F)F)cc1. The molecule has 0 fully saturated rings. The van der Waals surface area contributed by atoms with Gasteiger partial charge in [0.05, 0.1) is 13.2 Å². The number of halogens is 4. The highest BCUT2D eigenvalue weighted by Gasteiger charge is 2.31. The third-order valence-corrected chi connectivity index (χ3v) is 4.18. The van der Waals surface area contributed by atoms with Gasteiger partial charge < -0.3 is 20.9 Å². The van der Waals surface area contributed by atoms with Crippen LogP contribution in [-0.4, -0.2) is 38.0 Å². The van der Waals surface area contributed by atoms with E-state index in [4.69, 9.17) is 17.3 Å². The largest absolute Gasteiger partial charge is 0.573 e. The van der Waals surface area contributed by atoms with Crippen molar-refractivity contribution in [1.82, 2.24) is 20.3 Å². The molecule has 3 aromatic rings. The number of nitrogens with zero attached hydrogens (tertiary/aromatic N) is 3. The molecule has 0 bridgehead atoms. The first-order chi connectivity index (χ1) is 14.0. The van der Waals surface area contributed by atoms with Gasteiger partial charge in [0.1, 0.15) is 22.4 Å². The summed E-state index contributed by atoms with van der Waals surface area (Å²) < 4.78 is 40.4. The first-order valence-corrected chi connectivity index (χ1v) is 8.95. The van der Waals surface area contributed by atoms with Crippen LogP contribution in [0.25, 0.3) is 11.0 Å². The zero-order chi connectivity index (χ0) is 22.1. The van der Waals surface area contributed by atoms with Gasteiger partial charge in [-0.05, 0) is 43.3 Å². The Kier molecular flexibility index (Phi) is 5.88. The second-order valence-electron chi connectivity index (χ2n) is 6.76. The molecular formula is C18H17ClF3N5O3. The average Bonchev–Trinajstić information content (AvgIpc) is 3.00. The van der Waals surface area contributed by atoms with Crippen LogP contribution in [0.5, 0.6) is 5.75 Å². The third kappa shape index (κ3) is 5.38. The number of fused-ring (bicyclic) bond motifs is 1. The molecule has 30 heavy (non-hydrogen) atoms. The van der Waals surface area contributed by atoms with Crippen LogP contribution in [0.15, 0.2) is 36.4 Å². The lowest BCUT2D eigenvalue weighted by atomic mass is 10.1. The minimum atomic E-state index is -4.82. The Labute approximate surface area is 173 Å². The third-order valence-electron chi connectivity index (χ3n) is 3.96. The minimum Gasteiger partial charge on any atom is -0.406 e.